The predicted octanol–water partition coefficient (Wildman–Crippen LogP) is 3.76. The molecular formula is C21H31IN4O3. The largest absolute Gasteiger partial charge is 0.493 e. The van der Waals surface area contributed by atoms with E-state index in [1.807, 2.05) is 51.1 Å². The number of nitrogens with one attached hydrogen (secondary N) is 2. The van der Waals surface area contributed by atoms with Crippen LogP contribution < -0.4 is 24.8 Å². The molecule has 0 amide bonds. The van der Waals surface area contributed by atoms with E-state index in [-0.39, 0.29) is 30.1 Å². The standard InChI is InChI=1S/C21H30N4O3.HI/c1-6-22-21(24-12-16-7-9-18(26-4)19(11-16)27-5)25-14-17-8-10-20(23-13-17)28-15(2)3;/h7-11,13,15H,6,12,14H2,1-5H3,(H2,22,24,25);1H. The van der Waals surface area contributed by atoms with Crippen LogP contribution in [0.2, 0.25) is 0 Å². The van der Waals surface area contributed by atoms with Crippen LogP contribution >= 0.6 is 24.0 Å². The van der Waals surface area contributed by atoms with Gasteiger partial charge in [-0.15, -0.1) is 24.0 Å². The van der Waals surface area contributed by atoms with Gasteiger partial charge < -0.3 is 24.8 Å². The summed E-state index contributed by atoms with van der Waals surface area (Å²) in [5.74, 6) is 2.78. The molecule has 8 heteroatoms. The summed E-state index contributed by atoms with van der Waals surface area (Å²) in [5, 5.41) is 6.58. The van der Waals surface area contributed by atoms with E-state index in [4.69, 9.17) is 14.2 Å². The van der Waals surface area contributed by atoms with Crippen LogP contribution in [0, 0.1) is 0 Å². The summed E-state index contributed by atoms with van der Waals surface area (Å²) < 4.78 is 16.2. The van der Waals surface area contributed by atoms with E-state index in [9.17, 15) is 0 Å². The van der Waals surface area contributed by atoms with Crippen LogP contribution in [0.15, 0.2) is 41.5 Å². The van der Waals surface area contributed by atoms with Crippen LogP contribution in [0.3, 0.4) is 0 Å². The van der Waals surface area contributed by atoms with E-state index in [1.54, 1.807) is 20.4 Å². The maximum Gasteiger partial charge on any atom is 0.213 e. The maximum atomic E-state index is 5.57. The molecule has 2 aromatic rings. The average Bonchev–Trinajstić information content (AvgIpc) is 2.70. The molecule has 0 aliphatic rings. The fourth-order valence-electron chi connectivity index (χ4n) is 2.50. The van der Waals surface area contributed by atoms with Crippen LogP contribution in [-0.4, -0.2) is 37.8 Å². The molecule has 29 heavy (non-hydrogen) atoms. The van der Waals surface area contributed by atoms with E-state index >= 15 is 0 Å². The number of hydrogen-bond donors (Lipinski definition) is 2. The Hall–Kier alpha value is -2.23. The number of nitrogens with zero attached hydrogens (tertiary/aromatic N) is 2. The van der Waals surface area contributed by atoms with Gasteiger partial charge >= 0.3 is 0 Å². The van der Waals surface area contributed by atoms with Gasteiger partial charge in [0.25, 0.3) is 0 Å². The molecule has 160 valence electrons. The van der Waals surface area contributed by atoms with E-state index in [0.717, 1.165) is 23.6 Å². The summed E-state index contributed by atoms with van der Waals surface area (Å²) in [6.45, 7) is 7.91. The summed E-state index contributed by atoms with van der Waals surface area (Å²) >= 11 is 0. The normalized spacial score (nSPS) is 10.9. The summed E-state index contributed by atoms with van der Waals surface area (Å²) in [6, 6.07) is 9.69. The van der Waals surface area contributed by atoms with Crippen molar-refractivity contribution in [2.24, 2.45) is 4.99 Å². The monoisotopic (exact) mass is 514 g/mol. The van der Waals surface area contributed by atoms with Gasteiger partial charge in [0.05, 0.1) is 26.9 Å². The Morgan fingerprint density at radius 1 is 1.03 bits per heavy atom. The number of aromatic nitrogens is 1. The zero-order chi connectivity index (χ0) is 20.4. The third-order valence-electron chi connectivity index (χ3n) is 3.83. The zero-order valence-corrected chi connectivity index (χ0v) is 20.0. The molecular weight excluding hydrogens is 483 g/mol. The molecule has 0 saturated heterocycles. The van der Waals surface area contributed by atoms with Gasteiger partial charge in [-0.1, -0.05) is 12.1 Å². The molecule has 0 atom stereocenters. The van der Waals surface area contributed by atoms with Gasteiger partial charge in [0.1, 0.15) is 0 Å². The first-order chi connectivity index (χ1) is 13.5. The summed E-state index contributed by atoms with van der Waals surface area (Å²) in [7, 11) is 3.26. The van der Waals surface area contributed by atoms with Gasteiger partial charge in [-0.25, -0.2) is 9.98 Å². The molecule has 0 aliphatic carbocycles. The molecule has 0 bridgehead atoms. The SMILES string of the molecule is CCNC(=NCc1ccc(OC(C)C)nc1)NCc1ccc(OC)c(OC)c1.I. The third-order valence-corrected chi connectivity index (χ3v) is 3.83. The van der Waals surface area contributed by atoms with Gasteiger partial charge in [0.15, 0.2) is 17.5 Å². The van der Waals surface area contributed by atoms with Crippen molar-refractivity contribution in [2.75, 3.05) is 20.8 Å². The minimum Gasteiger partial charge on any atom is -0.493 e. The Morgan fingerprint density at radius 3 is 2.34 bits per heavy atom. The summed E-state index contributed by atoms with van der Waals surface area (Å²) in [4.78, 5) is 8.94. The van der Waals surface area contributed by atoms with E-state index in [0.29, 0.717) is 30.5 Å². The topological polar surface area (TPSA) is 77.0 Å². The number of ether oxygens (including phenoxy) is 3. The van der Waals surface area contributed by atoms with Crippen LogP contribution in [-0.2, 0) is 13.1 Å². The molecule has 1 heterocycles. The first kappa shape index (κ1) is 24.8. The number of halogens is 1. The summed E-state index contributed by atoms with van der Waals surface area (Å²) in [6.07, 6.45) is 1.90. The number of aliphatic imine (C=N–C) groups is 1. The van der Waals surface area contributed by atoms with Gasteiger partial charge in [-0.3, -0.25) is 0 Å². The van der Waals surface area contributed by atoms with Crippen LogP contribution in [0.1, 0.15) is 31.9 Å². The van der Waals surface area contributed by atoms with Crippen molar-refractivity contribution in [3.63, 3.8) is 0 Å². The fourth-order valence-corrected chi connectivity index (χ4v) is 2.50. The molecule has 0 radical (unpaired) electrons. The van der Waals surface area contributed by atoms with Crippen molar-refractivity contribution >= 4 is 29.9 Å². The molecule has 1 aromatic carbocycles. The highest BCUT2D eigenvalue weighted by atomic mass is 127. The van der Waals surface area contributed by atoms with Gasteiger partial charge in [-0.2, -0.15) is 0 Å². The number of guanidine groups is 1. The second-order valence-electron chi connectivity index (χ2n) is 6.41. The van der Waals surface area contributed by atoms with Crippen molar-refractivity contribution in [3.8, 4) is 17.4 Å². The molecule has 1 aromatic heterocycles. The third kappa shape index (κ3) is 8.35. The lowest BCUT2D eigenvalue weighted by atomic mass is 10.2. The number of hydrogen-bond acceptors (Lipinski definition) is 5. The van der Waals surface area contributed by atoms with Gasteiger partial charge in [0, 0.05) is 25.4 Å². The van der Waals surface area contributed by atoms with Crippen LogP contribution in [0.25, 0.3) is 0 Å². The Labute approximate surface area is 190 Å². The van der Waals surface area contributed by atoms with Crippen molar-refractivity contribution < 1.29 is 14.2 Å². The molecule has 0 aliphatic heterocycles. The lowest BCUT2D eigenvalue weighted by Crippen LogP contribution is -2.36. The van der Waals surface area contributed by atoms with E-state index in [1.165, 1.54) is 0 Å². The van der Waals surface area contributed by atoms with Crippen LogP contribution in [0.4, 0.5) is 0 Å². The maximum absolute atomic E-state index is 5.57. The minimum absolute atomic E-state index is 0. The first-order valence-corrected chi connectivity index (χ1v) is 9.40. The lowest BCUT2D eigenvalue weighted by molar-refractivity contribution is 0.232. The highest BCUT2D eigenvalue weighted by molar-refractivity contribution is 14.0. The van der Waals surface area contributed by atoms with Crippen molar-refractivity contribution in [3.05, 3.63) is 47.7 Å². The van der Waals surface area contributed by atoms with Crippen molar-refractivity contribution in [2.45, 2.75) is 40.0 Å². The molecule has 0 unspecified atom stereocenters. The number of benzene rings is 1. The highest BCUT2D eigenvalue weighted by Crippen LogP contribution is 2.27. The second kappa shape index (κ2) is 13.1. The Bertz CT molecular complexity index is 767. The zero-order valence-electron chi connectivity index (χ0n) is 17.7. The average molecular weight is 514 g/mol. The molecule has 2 rings (SSSR count). The smallest absolute Gasteiger partial charge is 0.213 e. The first-order valence-electron chi connectivity index (χ1n) is 9.40. The molecule has 0 spiro atoms. The fraction of sp³-hybridized carbons (Fsp3) is 0.429. The Kier molecular flexibility index (Phi) is 11.2. The summed E-state index contributed by atoms with van der Waals surface area (Å²) in [5.41, 5.74) is 2.08. The molecule has 2 N–H and O–H groups in total. The Balaban J connectivity index is 0.00000420. The van der Waals surface area contributed by atoms with Gasteiger partial charge in [-0.05, 0) is 44.0 Å². The van der Waals surface area contributed by atoms with Crippen LogP contribution in [0.5, 0.6) is 17.4 Å². The lowest BCUT2D eigenvalue weighted by Gasteiger charge is -2.13. The molecule has 0 fully saturated rings. The number of pyridine rings is 1. The second-order valence-corrected chi connectivity index (χ2v) is 6.41. The van der Waals surface area contributed by atoms with Gasteiger partial charge in [0.2, 0.25) is 5.88 Å². The molecule has 0 saturated carbocycles. The predicted molar refractivity (Wildman–Crippen MR) is 127 cm³/mol. The van der Waals surface area contributed by atoms with Crippen molar-refractivity contribution in [1.82, 2.24) is 15.6 Å². The van der Waals surface area contributed by atoms with E-state index in [2.05, 4.69) is 20.6 Å². The molecule has 7 nitrogen and oxygen atoms in total. The quantitative estimate of drug-likeness (QED) is 0.302. The number of rotatable bonds is 9. The number of methoxy groups -OCH3 is 2. The van der Waals surface area contributed by atoms with E-state index < -0.39 is 0 Å². The minimum atomic E-state index is 0. The Morgan fingerprint density at radius 2 is 1.76 bits per heavy atom. The highest BCUT2D eigenvalue weighted by Gasteiger charge is 2.06. The van der Waals surface area contributed by atoms with Crippen molar-refractivity contribution in [1.29, 1.82) is 0 Å².